The number of nitrogens with zero attached hydrogens (tertiary/aromatic N) is 1. The predicted molar refractivity (Wildman–Crippen MR) is 93.2 cm³/mol. The lowest BCUT2D eigenvalue weighted by Gasteiger charge is -2.24. The van der Waals surface area contributed by atoms with Crippen molar-refractivity contribution >= 4 is 37.9 Å². The highest BCUT2D eigenvalue weighted by Gasteiger charge is 2.34. The van der Waals surface area contributed by atoms with E-state index in [0.717, 1.165) is 8.95 Å². The minimum absolute atomic E-state index is 0.0139. The third-order valence-electron chi connectivity index (χ3n) is 3.46. The highest BCUT2D eigenvalue weighted by atomic mass is 79.9. The van der Waals surface area contributed by atoms with Crippen molar-refractivity contribution in [3.05, 3.63) is 72.3 Å². The van der Waals surface area contributed by atoms with Gasteiger partial charge in [0.15, 0.2) is 11.5 Å². The molecule has 0 aliphatic carbocycles. The molecule has 1 aliphatic heterocycles. The zero-order valence-corrected chi connectivity index (χ0v) is 15.1. The Labute approximate surface area is 149 Å². The summed E-state index contributed by atoms with van der Waals surface area (Å²) in [5.41, 5.74) is 1.29. The van der Waals surface area contributed by atoms with Crippen LogP contribution < -0.4 is 9.47 Å². The number of nitro groups is 1. The van der Waals surface area contributed by atoms with Gasteiger partial charge in [-0.05, 0) is 24.3 Å². The van der Waals surface area contributed by atoms with Gasteiger partial charge in [-0.1, -0.05) is 44.0 Å². The molecule has 0 N–H and O–H groups in total. The van der Waals surface area contributed by atoms with Crippen molar-refractivity contribution in [2.24, 2.45) is 0 Å². The van der Waals surface area contributed by atoms with Gasteiger partial charge < -0.3 is 9.47 Å². The molecule has 118 valence electrons. The summed E-state index contributed by atoms with van der Waals surface area (Å²) in [4.78, 5) is 11.0. The summed E-state index contributed by atoms with van der Waals surface area (Å²) in [5.74, 6) is 1.02. The molecule has 1 aliphatic rings. The van der Waals surface area contributed by atoms with E-state index in [1.54, 1.807) is 24.3 Å². The fraction of sp³-hybridized carbons (Fsp3) is 0.125. The lowest BCUT2D eigenvalue weighted by molar-refractivity contribution is -0.434. The van der Waals surface area contributed by atoms with Gasteiger partial charge in [0, 0.05) is 26.1 Å². The number of rotatable bonds is 3. The zero-order chi connectivity index (χ0) is 16.6. The molecule has 3 rings (SSSR count). The van der Waals surface area contributed by atoms with Crippen LogP contribution in [0.15, 0.2) is 51.0 Å². The molecule has 23 heavy (non-hydrogen) atoms. The Balaban J connectivity index is 2.14. The maximum atomic E-state index is 11.5. The van der Waals surface area contributed by atoms with Crippen molar-refractivity contribution in [2.75, 3.05) is 7.11 Å². The van der Waals surface area contributed by atoms with Crippen molar-refractivity contribution in [1.82, 2.24) is 0 Å². The molecule has 0 fully saturated rings. The van der Waals surface area contributed by atoms with Crippen LogP contribution in [-0.4, -0.2) is 12.0 Å². The second-order valence-corrected chi connectivity index (χ2v) is 6.73. The molecule has 0 bridgehead atoms. The van der Waals surface area contributed by atoms with Crippen LogP contribution in [0.3, 0.4) is 0 Å². The van der Waals surface area contributed by atoms with E-state index in [2.05, 4.69) is 31.9 Å². The Morgan fingerprint density at radius 3 is 2.48 bits per heavy atom. The molecule has 0 radical (unpaired) electrons. The van der Waals surface area contributed by atoms with Crippen molar-refractivity contribution in [2.45, 2.75) is 6.10 Å². The molecule has 0 spiro atoms. The first-order valence-corrected chi connectivity index (χ1v) is 8.24. The smallest absolute Gasteiger partial charge is 0.291 e. The molecule has 7 heteroatoms. The summed E-state index contributed by atoms with van der Waals surface area (Å²) < 4.78 is 12.9. The summed E-state index contributed by atoms with van der Waals surface area (Å²) >= 11 is 6.72. The summed E-state index contributed by atoms with van der Waals surface area (Å²) in [5, 5.41) is 11.5. The summed E-state index contributed by atoms with van der Waals surface area (Å²) in [6.45, 7) is 0. The number of hydrogen-bond donors (Lipinski definition) is 0. The van der Waals surface area contributed by atoms with E-state index in [-0.39, 0.29) is 5.70 Å². The van der Waals surface area contributed by atoms with Gasteiger partial charge in [-0.25, -0.2) is 0 Å². The molecule has 0 amide bonds. The maximum Gasteiger partial charge on any atom is 0.291 e. The Hall–Kier alpha value is -1.86. The van der Waals surface area contributed by atoms with Crippen molar-refractivity contribution in [1.29, 1.82) is 0 Å². The summed E-state index contributed by atoms with van der Waals surface area (Å²) in [6.07, 6.45) is 0.736. The van der Waals surface area contributed by atoms with Crippen LogP contribution in [0, 0.1) is 10.1 Å². The van der Waals surface area contributed by atoms with E-state index in [1.807, 2.05) is 12.1 Å². The van der Waals surface area contributed by atoms with Gasteiger partial charge in [-0.15, -0.1) is 0 Å². The second-order valence-electron chi connectivity index (χ2n) is 4.90. The molecule has 5 nitrogen and oxygen atoms in total. The molecule has 1 heterocycles. The summed E-state index contributed by atoms with van der Waals surface area (Å²) in [7, 11) is 1.53. The van der Waals surface area contributed by atoms with E-state index in [0.29, 0.717) is 22.6 Å². The largest absolute Gasteiger partial charge is 0.493 e. The van der Waals surface area contributed by atoms with Crippen molar-refractivity contribution in [3.8, 4) is 11.5 Å². The van der Waals surface area contributed by atoms with Crippen LogP contribution in [0.5, 0.6) is 11.5 Å². The third kappa shape index (κ3) is 3.11. The fourth-order valence-electron chi connectivity index (χ4n) is 2.41. The van der Waals surface area contributed by atoms with Gasteiger partial charge in [0.25, 0.3) is 5.70 Å². The zero-order valence-electron chi connectivity index (χ0n) is 12.0. The van der Waals surface area contributed by atoms with Crippen LogP contribution in [0.4, 0.5) is 0 Å². The normalized spacial score (nSPS) is 16.1. The topological polar surface area (TPSA) is 61.6 Å². The Morgan fingerprint density at radius 2 is 1.87 bits per heavy atom. The first kappa shape index (κ1) is 16.0. The minimum atomic E-state index is -0.791. The van der Waals surface area contributed by atoms with E-state index < -0.39 is 11.0 Å². The molecule has 0 saturated heterocycles. The standard InChI is InChI=1S/C16H11Br2NO4/c1-22-14-8-12(18)6-10-7-13(19(20)21)15(23-16(10)14)9-2-4-11(17)5-3-9/h2-8,15H,1H3. The highest BCUT2D eigenvalue weighted by Crippen LogP contribution is 2.44. The van der Waals surface area contributed by atoms with Crippen LogP contribution in [-0.2, 0) is 0 Å². The second kappa shape index (κ2) is 6.33. The maximum absolute atomic E-state index is 11.5. The number of hydrogen-bond acceptors (Lipinski definition) is 4. The first-order chi connectivity index (χ1) is 11.0. The highest BCUT2D eigenvalue weighted by molar-refractivity contribution is 9.10. The SMILES string of the molecule is COc1cc(Br)cc2c1OC(c1ccc(Br)cc1)C([N+](=O)[O-])=C2. The van der Waals surface area contributed by atoms with Gasteiger partial charge in [0.2, 0.25) is 6.10 Å². The summed E-state index contributed by atoms with van der Waals surface area (Å²) in [6, 6.07) is 10.8. The van der Waals surface area contributed by atoms with Gasteiger partial charge in [0.1, 0.15) is 0 Å². The molecule has 2 aromatic rings. The van der Waals surface area contributed by atoms with Gasteiger partial charge >= 0.3 is 0 Å². The van der Waals surface area contributed by atoms with Gasteiger partial charge in [-0.3, -0.25) is 10.1 Å². The first-order valence-electron chi connectivity index (χ1n) is 6.65. The Morgan fingerprint density at radius 1 is 1.17 bits per heavy atom. The Kier molecular flexibility index (Phi) is 4.41. The molecular formula is C16H11Br2NO4. The van der Waals surface area contributed by atoms with E-state index in [1.165, 1.54) is 13.2 Å². The molecule has 0 saturated carbocycles. The number of fused-ring (bicyclic) bond motifs is 1. The van der Waals surface area contributed by atoms with Crippen molar-refractivity contribution < 1.29 is 14.4 Å². The number of halogens is 2. The third-order valence-corrected chi connectivity index (χ3v) is 4.45. The van der Waals surface area contributed by atoms with E-state index >= 15 is 0 Å². The lowest BCUT2D eigenvalue weighted by atomic mass is 10.0. The van der Waals surface area contributed by atoms with Crippen LogP contribution >= 0.6 is 31.9 Å². The van der Waals surface area contributed by atoms with Gasteiger partial charge in [-0.2, -0.15) is 0 Å². The van der Waals surface area contributed by atoms with E-state index in [9.17, 15) is 10.1 Å². The molecule has 0 aromatic heterocycles. The lowest BCUT2D eigenvalue weighted by Crippen LogP contribution is -2.20. The number of benzene rings is 2. The molecule has 2 aromatic carbocycles. The number of methoxy groups -OCH3 is 1. The quantitative estimate of drug-likeness (QED) is 0.499. The molecule has 1 atom stereocenters. The monoisotopic (exact) mass is 439 g/mol. The predicted octanol–water partition coefficient (Wildman–Crippen LogP) is 4.97. The minimum Gasteiger partial charge on any atom is -0.493 e. The molecule has 1 unspecified atom stereocenters. The van der Waals surface area contributed by atoms with Crippen molar-refractivity contribution in [3.63, 3.8) is 0 Å². The van der Waals surface area contributed by atoms with Crippen LogP contribution in [0.1, 0.15) is 17.2 Å². The number of ether oxygens (including phenoxy) is 2. The van der Waals surface area contributed by atoms with Crippen LogP contribution in [0.25, 0.3) is 6.08 Å². The van der Waals surface area contributed by atoms with Gasteiger partial charge in [0.05, 0.1) is 12.0 Å². The van der Waals surface area contributed by atoms with Crippen LogP contribution in [0.2, 0.25) is 0 Å². The van der Waals surface area contributed by atoms with E-state index in [4.69, 9.17) is 9.47 Å². The average Bonchev–Trinajstić information content (AvgIpc) is 2.53. The molecular weight excluding hydrogens is 430 g/mol. The average molecular weight is 441 g/mol. The Bertz CT molecular complexity index is 802. The fourth-order valence-corrected chi connectivity index (χ4v) is 3.13.